The molecular weight excluding hydrogens is 359 g/mol. The van der Waals surface area contributed by atoms with Gasteiger partial charge in [-0.05, 0) is 48.9 Å². The van der Waals surface area contributed by atoms with Crippen molar-refractivity contribution in [3.05, 3.63) is 89.7 Å². The first-order chi connectivity index (χ1) is 13.5. The van der Waals surface area contributed by atoms with Gasteiger partial charge in [0.25, 0.3) is 11.8 Å². The van der Waals surface area contributed by atoms with E-state index < -0.39 is 11.7 Å². The molecule has 0 heterocycles. The summed E-state index contributed by atoms with van der Waals surface area (Å²) in [7, 11) is 0. The van der Waals surface area contributed by atoms with E-state index in [1.165, 1.54) is 12.1 Å². The van der Waals surface area contributed by atoms with E-state index in [2.05, 4.69) is 10.6 Å². The van der Waals surface area contributed by atoms with E-state index in [0.717, 1.165) is 5.56 Å². The lowest BCUT2D eigenvalue weighted by molar-refractivity contribution is -0.118. The fraction of sp³-hybridized carbons (Fsp3) is 0.0909. The second kappa shape index (κ2) is 8.81. The first-order valence-electron chi connectivity index (χ1n) is 8.67. The molecule has 0 bridgehead atoms. The number of ether oxygens (including phenoxy) is 1. The third kappa shape index (κ3) is 4.94. The molecule has 0 aliphatic heterocycles. The number of amides is 2. The molecule has 0 saturated carbocycles. The van der Waals surface area contributed by atoms with Crippen LogP contribution < -0.4 is 15.4 Å². The van der Waals surface area contributed by atoms with E-state index in [-0.39, 0.29) is 18.3 Å². The van der Waals surface area contributed by atoms with Crippen molar-refractivity contribution >= 4 is 23.2 Å². The number of nitrogens with one attached hydrogen (secondary N) is 2. The molecule has 0 aromatic heterocycles. The summed E-state index contributed by atoms with van der Waals surface area (Å²) in [4.78, 5) is 24.7. The normalized spacial score (nSPS) is 10.2. The molecule has 3 rings (SSSR count). The minimum atomic E-state index is -0.452. The number of hydrogen-bond acceptors (Lipinski definition) is 3. The number of anilines is 2. The molecule has 0 radical (unpaired) electrons. The molecule has 0 atom stereocenters. The fourth-order valence-corrected chi connectivity index (χ4v) is 2.56. The summed E-state index contributed by atoms with van der Waals surface area (Å²) in [5.41, 5.74) is 2.07. The van der Waals surface area contributed by atoms with Crippen LogP contribution in [0, 0.1) is 12.7 Å². The van der Waals surface area contributed by atoms with Gasteiger partial charge < -0.3 is 15.4 Å². The first-order valence-corrected chi connectivity index (χ1v) is 8.67. The van der Waals surface area contributed by atoms with Gasteiger partial charge in [0, 0.05) is 11.4 Å². The summed E-state index contributed by atoms with van der Waals surface area (Å²) >= 11 is 0. The standard InChI is InChI=1S/C22H19FN2O3/c1-15-11-12-16(23)13-19(15)25-21(26)14-28-20-10-6-5-9-18(20)22(27)24-17-7-3-2-4-8-17/h2-13H,14H2,1H3,(H,24,27)(H,25,26). The van der Waals surface area contributed by atoms with E-state index in [1.807, 2.05) is 18.2 Å². The summed E-state index contributed by atoms with van der Waals surface area (Å²) in [5.74, 6) is -0.957. The highest BCUT2D eigenvalue weighted by Crippen LogP contribution is 2.20. The highest BCUT2D eigenvalue weighted by atomic mass is 19.1. The smallest absolute Gasteiger partial charge is 0.262 e. The predicted octanol–water partition coefficient (Wildman–Crippen LogP) is 4.40. The van der Waals surface area contributed by atoms with Crippen molar-refractivity contribution in [2.75, 3.05) is 17.2 Å². The average Bonchev–Trinajstić information content (AvgIpc) is 2.70. The number of halogens is 1. The SMILES string of the molecule is Cc1ccc(F)cc1NC(=O)COc1ccccc1C(=O)Nc1ccccc1. The summed E-state index contributed by atoms with van der Waals surface area (Å²) in [6.07, 6.45) is 0. The zero-order valence-electron chi connectivity index (χ0n) is 15.2. The van der Waals surface area contributed by atoms with Crippen molar-refractivity contribution in [2.24, 2.45) is 0 Å². The van der Waals surface area contributed by atoms with Gasteiger partial charge in [0.05, 0.1) is 5.56 Å². The molecule has 3 aromatic carbocycles. The van der Waals surface area contributed by atoms with Crippen LogP contribution in [-0.2, 0) is 4.79 Å². The van der Waals surface area contributed by atoms with Crippen LogP contribution >= 0.6 is 0 Å². The summed E-state index contributed by atoms with van der Waals surface area (Å²) in [6.45, 7) is 1.45. The lowest BCUT2D eigenvalue weighted by Crippen LogP contribution is -2.22. The van der Waals surface area contributed by atoms with Crippen LogP contribution in [0.2, 0.25) is 0 Å². The summed E-state index contributed by atoms with van der Waals surface area (Å²) < 4.78 is 18.9. The van der Waals surface area contributed by atoms with Crippen molar-refractivity contribution in [1.82, 2.24) is 0 Å². The fourth-order valence-electron chi connectivity index (χ4n) is 2.56. The molecule has 2 amide bonds. The van der Waals surface area contributed by atoms with Gasteiger partial charge in [-0.15, -0.1) is 0 Å². The lowest BCUT2D eigenvalue weighted by atomic mass is 10.2. The van der Waals surface area contributed by atoms with Gasteiger partial charge in [-0.2, -0.15) is 0 Å². The first kappa shape index (κ1) is 19.1. The Bertz CT molecular complexity index is 990. The van der Waals surface area contributed by atoms with Crippen molar-refractivity contribution in [2.45, 2.75) is 6.92 Å². The van der Waals surface area contributed by atoms with Crippen molar-refractivity contribution in [3.63, 3.8) is 0 Å². The minimum Gasteiger partial charge on any atom is -0.483 e. The van der Waals surface area contributed by atoms with Crippen LogP contribution in [0.3, 0.4) is 0 Å². The quantitative estimate of drug-likeness (QED) is 0.668. The Balaban J connectivity index is 1.65. The third-order valence-electron chi connectivity index (χ3n) is 4.00. The minimum absolute atomic E-state index is 0.280. The number of carbonyl (C=O) groups excluding carboxylic acids is 2. The monoisotopic (exact) mass is 378 g/mol. The van der Waals surface area contributed by atoms with E-state index in [0.29, 0.717) is 16.9 Å². The second-order valence-electron chi connectivity index (χ2n) is 6.11. The molecule has 0 aliphatic carbocycles. The molecule has 0 saturated heterocycles. The molecule has 142 valence electrons. The highest BCUT2D eigenvalue weighted by Gasteiger charge is 2.14. The molecular formula is C22H19FN2O3. The number of carbonyl (C=O) groups is 2. The number of benzene rings is 3. The van der Waals surface area contributed by atoms with E-state index in [4.69, 9.17) is 4.74 Å². The number of hydrogen-bond donors (Lipinski definition) is 2. The van der Waals surface area contributed by atoms with Gasteiger partial charge >= 0.3 is 0 Å². The molecule has 2 N–H and O–H groups in total. The Morgan fingerprint density at radius 2 is 1.64 bits per heavy atom. The Kier molecular flexibility index (Phi) is 6.01. The second-order valence-corrected chi connectivity index (χ2v) is 6.11. The molecule has 28 heavy (non-hydrogen) atoms. The van der Waals surface area contributed by atoms with Crippen LogP contribution in [-0.4, -0.2) is 18.4 Å². The average molecular weight is 378 g/mol. The van der Waals surface area contributed by atoms with Crippen molar-refractivity contribution in [3.8, 4) is 5.75 Å². The third-order valence-corrected chi connectivity index (χ3v) is 4.00. The van der Waals surface area contributed by atoms with Crippen LogP contribution in [0.25, 0.3) is 0 Å². The predicted molar refractivity (Wildman–Crippen MR) is 106 cm³/mol. The lowest BCUT2D eigenvalue weighted by Gasteiger charge is -2.12. The van der Waals surface area contributed by atoms with E-state index in [1.54, 1.807) is 49.4 Å². The van der Waals surface area contributed by atoms with Gasteiger partial charge in [-0.3, -0.25) is 9.59 Å². The Morgan fingerprint density at radius 1 is 0.929 bits per heavy atom. The van der Waals surface area contributed by atoms with Gasteiger partial charge in [-0.25, -0.2) is 4.39 Å². The van der Waals surface area contributed by atoms with Gasteiger partial charge in [0.2, 0.25) is 0 Å². The zero-order valence-corrected chi connectivity index (χ0v) is 15.2. The molecule has 0 spiro atoms. The number of para-hydroxylation sites is 2. The van der Waals surface area contributed by atoms with Crippen LogP contribution in [0.4, 0.5) is 15.8 Å². The van der Waals surface area contributed by atoms with Gasteiger partial charge in [-0.1, -0.05) is 36.4 Å². The summed E-state index contributed by atoms with van der Waals surface area (Å²) in [6, 6.07) is 19.8. The van der Waals surface area contributed by atoms with Crippen molar-refractivity contribution in [1.29, 1.82) is 0 Å². The molecule has 0 aliphatic rings. The molecule has 6 heteroatoms. The Morgan fingerprint density at radius 3 is 2.43 bits per heavy atom. The van der Waals surface area contributed by atoms with Crippen LogP contribution in [0.1, 0.15) is 15.9 Å². The van der Waals surface area contributed by atoms with Crippen LogP contribution in [0.15, 0.2) is 72.8 Å². The number of rotatable bonds is 6. The van der Waals surface area contributed by atoms with Gasteiger partial charge in [0.15, 0.2) is 6.61 Å². The Labute approximate surface area is 162 Å². The topological polar surface area (TPSA) is 67.4 Å². The molecule has 0 fully saturated rings. The van der Waals surface area contributed by atoms with E-state index in [9.17, 15) is 14.0 Å². The Hall–Kier alpha value is -3.67. The maximum absolute atomic E-state index is 13.3. The molecule has 3 aromatic rings. The maximum atomic E-state index is 13.3. The van der Waals surface area contributed by atoms with E-state index >= 15 is 0 Å². The van der Waals surface area contributed by atoms with Gasteiger partial charge in [0.1, 0.15) is 11.6 Å². The van der Waals surface area contributed by atoms with Crippen molar-refractivity contribution < 1.29 is 18.7 Å². The largest absolute Gasteiger partial charge is 0.483 e. The number of aryl methyl sites for hydroxylation is 1. The zero-order chi connectivity index (χ0) is 19.9. The molecule has 5 nitrogen and oxygen atoms in total. The molecule has 0 unspecified atom stereocenters. The maximum Gasteiger partial charge on any atom is 0.262 e. The highest BCUT2D eigenvalue weighted by molar-refractivity contribution is 6.06. The van der Waals surface area contributed by atoms with Crippen LogP contribution in [0.5, 0.6) is 5.75 Å². The summed E-state index contributed by atoms with van der Waals surface area (Å²) in [5, 5.41) is 5.38.